The van der Waals surface area contributed by atoms with Crippen LogP contribution < -0.4 is 5.32 Å². The summed E-state index contributed by atoms with van der Waals surface area (Å²) in [5.41, 5.74) is 0. The van der Waals surface area contributed by atoms with Gasteiger partial charge in [-0.05, 0) is 102 Å². The zero-order valence-corrected chi connectivity index (χ0v) is 48.9. The lowest BCUT2D eigenvalue weighted by Gasteiger charge is -2.27. The van der Waals surface area contributed by atoms with Gasteiger partial charge < -0.3 is 19.4 Å². The van der Waals surface area contributed by atoms with Crippen molar-refractivity contribution in [3.63, 3.8) is 0 Å². The van der Waals surface area contributed by atoms with Crippen LogP contribution in [-0.4, -0.2) is 74.3 Å². The Morgan fingerprint density at radius 3 is 1.45 bits per heavy atom. The maximum absolute atomic E-state index is 13.5. The van der Waals surface area contributed by atoms with Crippen LogP contribution in [0.25, 0.3) is 0 Å². The minimum Gasteiger partial charge on any atom is -0.456 e. The molecule has 0 aliphatic rings. The summed E-state index contributed by atoms with van der Waals surface area (Å²) in [6, 6.07) is -0.877. The molecular formula is C64H110N2O7P+. The molecule has 0 heterocycles. The zero-order chi connectivity index (χ0) is 54.3. The molecule has 0 aliphatic heterocycles. The van der Waals surface area contributed by atoms with Gasteiger partial charge in [0.15, 0.2) is 0 Å². The van der Waals surface area contributed by atoms with E-state index in [9.17, 15) is 19.0 Å². The van der Waals surface area contributed by atoms with Crippen LogP contribution in [0.4, 0.5) is 0 Å². The lowest BCUT2D eigenvalue weighted by molar-refractivity contribution is -0.870. The molecule has 0 fully saturated rings. The topological polar surface area (TPSA) is 111 Å². The zero-order valence-electron chi connectivity index (χ0n) is 48.0. The predicted octanol–water partition coefficient (Wildman–Crippen LogP) is 17.9. The highest BCUT2D eigenvalue weighted by Crippen LogP contribution is 2.43. The van der Waals surface area contributed by atoms with Gasteiger partial charge in [-0.15, -0.1) is 0 Å². The summed E-state index contributed by atoms with van der Waals surface area (Å²) in [6.45, 7) is 6.70. The summed E-state index contributed by atoms with van der Waals surface area (Å²) >= 11 is 0. The Morgan fingerprint density at radius 2 is 0.932 bits per heavy atom. The fraction of sp³-hybridized carbons (Fsp3) is 0.656. The van der Waals surface area contributed by atoms with E-state index in [1.807, 2.05) is 39.4 Å². The molecule has 0 bridgehead atoms. The second-order valence-corrected chi connectivity index (χ2v) is 21.9. The van der Waals surface area contributed by atoms with Gasteiger partial charge in [-0.25, -0.2) is 4.57 Å². The number of amides is 1. The number of nitrogens with zero attached hydrogens (tertiary/aromatic N) is 1. The Bertz CT molecular complexity index is 1680. The Morgan fingerprint density at radius 1 is 0.500 bits per heavy atom. The van der Waals surface area contributed by atoms with Crippen molar-refractivity contribution in [3.8, 4) is 0 Å². The molecule has 0 spiro atoms. The summed E-state index contributed by atoms with van der Waals surface area (Å²) in [4.78, 5) is 37.6. The number of rotatable bonds is 51. The molecule has 1 amide bonds. The van der Waals surface area contributed by atoms with Crippen molar-refractivity contribution in [1.82, 2.24) is 5.32 Å². The summed E-state index contributed by atoms with van der Waals surface area (Å²) in [5.74, 6) is -0.569. The van der Waals surface area contributed by atoms with Gasteiger partial charge in [0.05, 0.1) is 33.8 Å². The van der Waals surface area contributed by atoms with E-state index < -0.39 is 20.0 Å². The van der Waals surface area contributed by atoms with Crippen molar-refractivity contribution in [2.24, 2.45) is 0 Å². The van der Waals surface area contributed by atoms with Crippen molar-refractivity contribution in [3.05, 3.63) is 122 Å². The number of quaternary nitrogens is 1. The normalized spacial score (nSPS) is 14.6. The lowest BCUT2D eigenvalue weighted by Crippen LogP contribution is -2.47. The first-order valence-corrected chi connectivity index (χ1v) is 30.9. The average Bonchev–Trinajstić information content (AvgIpc) is 3.36. The molecule has 9 nitrogen and oxygen atoms in total. The van der Waals surface area contributed by atoms with E-state index in [0.29, 0.717) is 30.3 Å². The SMILES string of the molecule is CC/C=C\C/C=C\C/C=C\C/C=C\C/C=C\C/C=C\CCCCCCC(=O)OC(/C=C\CCCCCCCCCCCC)C(COP(=O)(O)OCC[N+](C)(C)C)NC(=O)CCCCCCC\C=C/C=C/C=C/CC. The van der Waals surface area contributed by atoms with Crippen LogP contribution in [-0.2, 0) is 27.9 Å². The van der Waals surface area contributed by atoms with Gasteiger partial charge in [-0.1, -0.05) is 226 Å². The Balaban J connectivity index is 5.34. The predicted molar refractivity (Wildman–Crippen MR) is 318 cm³/mol. The fourth-order valence-corrected chi connectivity index (χ4v) is 8.44. The van der Waals surface area contributed by atoms with Crippen molar-refractivity contribution in [2.75, 3.05) is 40.9 Å². The second-order valence-electron chi connectivity index (χ2n) is 20.5. The molecule has 422 valence electrons. The van der Waals surface area contributed by atoms with Crippen LogP contribution in [0.15, 0.2) is 122 Å². The van der Waals surface area contributed by atoms with E-state index in [2.05, 4.69) is 129 Å². The number of phosphoric acid groups is 1. The molecule has 0 rings (SSSR count). The quantitative estimate of drug-likeness (QED) is 0.0156. The number of ether oxygens (including phenoxy) is 1. The Kier molecular flexibility index (Phi) is 50.3. The van der Waals surface area contributed by atoms with E-state index >= 15 is 0 Å². The Hall–Kier alpha value is -3.59. The summed E-state index contributed by atoms with van der Waals surface area (Å²) in [6.07, 6.45) is 73.4. The highest BCUT2D eigenvalue weighted by Gasteiger charge is 2.30. The third-order valence-corrected chi connectivity index (χ3v) is 13.2. The number of allylic oxidation sites excluding steroid dienone is 19. The number of carbonyl (C=O) groups excluding carboxylic acids is 2. The molecule has 0 saturated heterocycles. The molecular weight excluding hydrogens is 940 g/mol. The van der Waals surface area contributed by atoms with Gasteiger partial charge >= 0.3 is 13.8 Å². The summed E-state index contributed by atoms with van der Waals surface area (Å²) < 4.78 is 30.6. The largest absolute Gasteiger partial charge is 0.472 e. The third kappa shape index (κ3) is 53.2. The van der Waals surface area contributed by atoms with Gasteiger partial charge in [-0.3, -0.25) is 18.6 Å². The van der Waals surface area contributed by atoms with Crippen LogP contribution in [0, 0.1) is 0 Å². The van der Waals surface area contributed by atoms with E-state index in [4.69, 9.17) is 13.8 Å². The lowest BCUT2D eigenvalue weighted by atomic mass is 10.0. The standard InChI is InChI=1S/C64H109N2O7P/c1-7-10-13-16-19-22-25-28-29-30-31-32-33-34-35-36-37-39-42-45-48-51-54-57-64(68)73-62(55-52-49-46-43-40-27-24-21-18-15-12-9-3)61(60-72-74(69,70)71-59-58-66(4,5)6)65-63(67)56-53-50-47-44-41-38-26-23-20-17-14-11-8-2/h10-11,13-14,17,19-20,22-23,26,28-29,31-32,34-35,37,39,52,55,61-62H,7-9,12,15-16,18,21,24-25,27,30,33,36,38,40-51,53-54,56-60H2,1-6H3,(H-,65,67,69,70)/p+1/b13-10-,14-11+,20-17+,22-19-,26-23-,29-28-,32-31-,35-34-,39-37-,55-52-. The second kappa shape index (κ2) is 52.8. The molecule has 0 radical (unpaired) electrons. The molecule has 74 heavy (non-hydrogen) atoms. The van der Waals surface area contributed by atoms with Crippen molar-refractivity contribution in [1.29, 1.82) is 0 Å². The summed E-state index contributed by atoms with van der Waals surface area (Å²) in [7, 11) is 1.44. The minimum absolute atomic E-state index is 0.0247. The first-order valence-electron chi connectivity index (χ1n) is 29.4. The van der Waals surface area contributed by atoms with Crippen molar-refractivity contribution >= 4 is 19.7 Å². The first kappa shape index (κ1) is 70.4. The fourth-order valence-electron chi connectivity index (χ4n) is 7.71. The number of nitrogens with one attached hydrogen (secondary N) is 1. The average molecular weight is 1050 g/mol. The van der Waals surface area contributed by atoms with E-state index in [1.54, 1.807) is 0 Å². The van der Waals surface area contributed by atoms with Crippen molar-refractivity contribution < 1.29 is 37.3 Å². The molecule has 0 aromatic heterocycles. The molecule has 10 heteroatoms. The number of likely N-dealkylation sites (N-methyl/N-ethyl adjacent to an activating group) is 1. The number of unbranched alkanes of at least 4 members (excludes halogenated alkanes) is 19. The number of hydrogen-bond donors (Lipinski definition) is 2. The van der Waals surface area contributed by atoms with Gasteiger partial charge in [0, 0.05) is 12.8 Å². The molecule has 0 aromatic rings. The number of esters is 1. The molecule has 3 unspecified atom stereocenters. The molecule has 2 N–H and O–H groups in total. The number of carbonyl (C=O) groups is 2. The molecule has 0 aromatic carbocycles. The van der Waals surface area contributed by atoms with Crippen LogP contribution in [0.1, 0.15) is 220 Å². The smallest absolute Gasteiger partial charge is 0.456 e. The molecule has 0 aliphatic carbocycles. The maximum Gasteiger partial charge on any atom is 0.472 e. The number of hydrogen-bond acceptors (Lipinski definition) is 6. The van der Waals surface area contributed by atoms with Crippen molar-refractivity contribution in [2.45, 2.75) is 232 Å². The summed E-state index contributed by atoms with van der Waals surface area (Å²) in [5, 5.41) is 3.02. The van der Waals surface area contributed by atoms with E-state index in [1.165, 1.54) is 51.4 Å². The third-order valence-electron chi connectivity index (χ3n) is 12.2. The molecule has 3 atom stereocenters. The van der Waals surface area contributed by atoms with Gasteiger partial charge in [0.2, 0.25) is 5.91 Å². The molecule has 0 saturated carbocycles. The van der Waals surface area contributed by atoms with Crippen LogP contribution in [0.2, 0.25) is 0 Å². The number of phosphoric ester groups is 1. The monoisotopic (exact) mass is 1050 g/mol. The van der Waals surface area contributed by atoms with E-state index in [0.717, 1.165) is 122 Å². The minimum atomic E-state index is -4.46. The highest BCUT2D eigenvalue weighted by molar-refractivity contribution is 7.47. The first-order chi connectivity index (χ1) is 35.9. The van der Waals surface area contributed by atoms with Crippen LogP contribution in [0.5, 0.6) is 0 Å². The Labute approximate surface area is 454 Å². The van der Waals surface area contributed by atoms with Gasteiger partial charge in [0.25, 0.3) is 0 Å². The van der Waals surface area contributed by atoms with Crippen LogP contribution in [0.3, 0.4) is 0 Å². The highest BCUT2D eigenvalue weighted by atomic mass is 31.2. The van der Waals surface area contributed by atoms with Crippen LogP contribution >= 0.6 is 7.82 Å². The van der Waals surface area contributed by atoms with Gasteiger partial charge in [-0.2, -0.15) is 0 Å². The van der Waals surface area contributed by atoms with E-state index in [-0.39, 0.29) is 31.5 Å². The van der Waals surface area contributed by atoms with Gasteiger partial charge in [0.1, 0.15) is 19.3 Å². The maximum atomic E-state index is 13.5.